The van der Waals surface area contributed by atoms with E-state index in [9.17, 15) is 0 Å². The van der Waals surface area contributed by atoms with Gasteiger partial charge in [0.25, 0.3) is 0 Å². The summed E-state index contributed by atoms with van der Waals surface area (Å²) in [6.45, 7) is 1.92. The quantitative estimate of drug-likeness (QED) is 0.511. The Morgan fingerprint density at radius 3 is 1.41 bits per heavy atom. The van der Waals surface area contributed by atoms with Crippen molar-refractivity contribution in [3.8, 4) is 0 Å². The minimum atomic E-state index is 0.958. The van der Waals surface area contributed by atoms with Crippen molar-refractivity contribution in [2.75, 3.05) is 0 Å². The number of hydrogen-bond donors (Lipinski definition) is 0. The van der Waals surface area contributed by atoms with E-state index in [0.29, 0.717) is 0 Å². The van der Waals surface area contributed by atoms with Crippen LogP contribution >= 0.6 is 0 Å². The van der Waals surface area contributed by atoms with E-state index in [1.807, 2.05) is 0 Å². The molecule has 0 atom stereocenters. The van der Waals surface area contributed by atoms with Crippen molar-refractivity contribution in [3.05, 3.63) is 85.2 Å². The molecule has 0 N–H and O–H groups in total. The molecule has 0 unspecified atom stereocenters. The lowest BCUT2D eigenvalue weighted by atomic mass is 10.2. The summed E-state index contributed by atoms with van der Waals surface area (Å²) in [6, 6.07) is 25.6. The normalized spacial score (nSPS) is 11.1. The van der Waals surface area contributed by atoms with Crippen LogP contribution in [-0.2, 0) is 13.1 Å². The smallest absolute Gasteiger partial charge is 0.192 e. The maximum atomic E-state index is 2.32. The molecule has 2 nitrogen and oxygen atoms in total. The summed E-state index contributed by atoms with van der Waals surface area (Å²) >= 11 is 0. The van der Waals surface area contributed by atoms with Crippen molar-refractivity contribution in [2.45, 2.75) is 13.1 Å². The number of rotatable bonds is 3. The van der Waals surface area contributed by atoms with Gasteiger partial charge in [0.15, 0.2) is 12.4 Å². The van der Waals surface area contributed by atoms with Crippen LogP contribution in [0.25, 0.3) is 21.8 Å². The van der Waals surface area contributed by atoms with Gasteiger partial charge >= 0.3 is 0 Å². The maximum Gasteiger partial charge on any atom is 0.212 e. The molecule has 0 aliphatic carbocycles. The Labute approximate surface area is 129 Å². The summed E-state index contributed by atoms with van der Waals surface area (Å²) in [5.74, 6) is 0. The molecule has 0 spiro atoms. The first-order valence-corrected chi connectivity index (χ1v) is 7.66. The van der Waals surface area contributed by atoms with Gasteiger partial charge in [-0.05, 0) is 24.3 Å². The molecule has 2 aromatic heterocycles. The van der Waals surface area contributed by atoms with Crippen LogP contribution in [0.2, 0.25) is 0 Å². The van der Waals surface area contributed by atoms with Crippen molar-refractivity contribution in [3.63, 3.8) is 0 Å². The summed E-state index contributed by atoms with van der Waals surface area (Å²) in [4.78, 5) is 0. The average Bonchev–Trinajstić information content (AvgIpc) is 2.60. The minimum Gasteiger partial charge on any atom is -0.192 e. The summed E-state index contributed by atoms with van der Waals surface area (Å²) < 4.78 is 4.65. The van der Waals surface area contributed by atoms with E-state index in [1.54, 1.807) is 0 Å². The van der Waals surface area contributed by atoms with Crippen LogP contribution in [0, 0.1) is 0 Å². The fourth-order valence-corrected chi connectivity index (χ4v) is 3.05. The van der Waals surface area contributed by atoms with Crippen molar-refractivity contribution < 1.29 is 9.13 Å². The van der Waals surface area contributed by atoms with Gasteiger partial charge in [0, 0.05) is 35.0 Å². The molecule has 0 radical (unpaired) electrons. The highest BCUT2D eigenvalue weighted by Crippen LogP contribution is 2.09. The SMILES string of the molecule is c1ccc2c(c1)ccc[n+]2CC[n+]1cccc2ccccc21. The highest BCUT2D eigenvalue weighted by atomic mass is 15.0. The Balaban J connectivity index is 1.69. The number of hydrogen-bond acceptors (Lipinski definition) is 0. The molecule has 2 heteroatoms. The van der Waals surface area contributed by atoms with Crippen LogP contribution in [0.15, 0.2) is 85.2 Å². The van der Waals surface area contributed by atoms with Crippen LogP contribution in [0.3, 0.4) is 0 Å². The summed E-state index contributed by atoms with van der Waals surface area (Å²) in [7, 11) is 0. The number of benzene rings is 2. The largest absolute Gasteiger partial charge is 0.212 e. The van der Waals surface area contributed by atoms with Gasteiger partial charge in [0.2, 0.25) is 24.1 Å². The lowest BCUT2D eigenvalue weighted by molar-refractivity contribution is -0.754. The molecule has 2 aromatic carbocycles. The fourth-order valence-electron chi connectivity index (χ4n) is 3.05. The fraction of sp³-hybridized carbons (Fsp3) is 0.100. The molecule has 0 saturated heterocycles. The lowest BCUT2D eigenvalue weighted by Gasteiger charge is -2.02. The second-order valence-electron chi connectivity index (χ2n) is 5.52. The third-order valence-electron chi connectivity index (χ3n) is 4.16. The second-order valence-corrected chi connectivity index (χ2v) is 5.52. The van der Waals surface area contributed by atoms with Crippen LogP contribution in [-0.4, -0.2) is 0 Å². The summed E-state index contributed by atoms with van der Waals surface area (Å²) in [6.07, 6.45) is 4.32. The van der Waals surface area contributed by atoms with Gasteiger partial charge in [0.1, 0.15) is 0 Å². The molecule has 0 aliphatic heterocycles. The van der Waals surface area contributed by atoms with E-state index in [4.69, 9.17) is 0 Å². The molecule has 0 bridgehead atoms. The molecule has 22 heavy (non-hydrogen) atoms. The van der Waals surface area contributed by atoms with Gasteiger partial charge in [-0.1, -0.05) is 24.3 Å². The Morgan fingerprint density at radius 1 is 0.500 bits per heavy atom. The van der Waals surface area contributed by atoms with E-state index in [1.165, 1.54) is 21.8 Å². The number of para-hydroxylation sites is 2. The first-order valence-electron chi connectivity index (χ1n) is 7.66. The van der Waals surface area contributed by atoms with Crippen molar-refractivity contribution >= 4 is 21.8 Å². The van der Waals surface area contributed by atoms with E-state index < -0.39 is 0 Å². The molecular formula is C20H18N2+2. The zero-order valence-electron chi connectivity index (χ0n) is 12.4. The number of fused-ring (bicyclic) bond motifs is 2. The predicted octanol–water partition coefficient (Wildman–Crippen LogP) is 3.27. The molecule has 4 rings (SSSR count). The van der Waals surface area contributed by atoms with Gasteiger partial charge in [0.05, 0.1) is 0 Å². The van der Waals surface area contributed by atoms with Crippen LogP contribution in [0.5, 0.6) is 0 Å². The van der Waals surface area contributed by atoms with Gasteiger partial charge in [-0.2, -0.15) is 9.13 Å². The van der Waals surface area contributed by atoms with Crippen LogP contribution in [0.1, 0.15) is 0 Å². The topological polar surface area (TPSA) is 7.76 Å². The zero-order valence-corrected chi connectivity index (χ0v) is 12.4. The number of pyridine rings is 2. The Hall–Kier alpha value is -2.74. The average molecular weight is 286 g/mol. The minimum absolute atomic E-state index is 0.958. The van der Waals surface area contributed by atoms with E-state index in [2.05, 4.69) is 94.3 Å². The van der Waals surface area contributed by atoms with E-state index >= 15 is 0 Å². The number of nitrogens with zero attached hydrogens (tertiary/aromatic N) is 2. The highest BCUT2D eigenvalue weighted by molar-refractivity contribution is 5.75. The molecule has 0 aliphatic rings. The second kappa shape index (κ2) is 5.57. The molecule has 0 saturated carbocycles. The first-order chi connectivity index (χ1) is 10.9. The Kier molecular flexibility index (Phi) is 3.28. The van der Waals surface area contributed by atoms with Crippen LogP contribution < -0.4 is 9.13 Å². The number of aryl methyl sites for hydroxylation is 2. The highest BCUT2D eigenvalue weighted by Gasteiger charge is 2.12. The maximum absolute atomic E-state index is 2.32. The molecule has 0 amide bonds. The van der Waals surface area contributed by atoms with Crippen molar-refractivity contribution in [2.24, 2.45) is 0 Å². The third-order valence-corrected chi connectivity index (χ3v) is 4.16. The van der Waals surface area contributed by atoms with Gasteiger partial charge in [-0.25, -0.2) is 0 Å². The van der Waals surface area contributed by atoms with Gasteiger partial charge in [-0.15, -0.1) is 0 Å². The summed E-state index contributed by atoms with van der Waals surface area (Å²) in [5.41, 5.74) is 2.57. The van der Waals surface area contributed by atoms with Gasteiger partial charge < -0.3 is 0 Å². The molecule has 0 fully saturated rings. The zero-order chi connectivity index (χ0) is 14.8. The van der Waals surface area contributed by atoms with Crippen molar-refractivity contribution in [1.82, 2.24) is 0 Å². The monoisotopic (exact) mass is 286 g/mol. The summed E-state index contributed by atoms with van der Waals surface area (Å²) in [5, 5.41) is 2.57. The Bertz CT molecular complexity index is 854. The third kappa shape index (κ3) is 2.33. The molecule has 2 heterocycles. The lowest BCUT2D eigenvalue weighted by Crippen LogP contribution is -2.44. The molecule has 4 aromatic rings. The van der Waals surface area contributed by atoms with Crippen molar-refractivity contribution in [1.29, 1.82) is 0 Å². The Morgan fingerprint density at radius 2 is 0.909 bits per heavy atom. The van der Waals surface area contributed by atoms with Gasteiger partial charge in [-0.3, -0.25) is 0 Å². The number of aromatic nitrogens is 2. The molecule has 106 valence electrons. The standard InChI is InChI=1S/C20H18N2/c1-3-11-19-17(7-1)9-5-13-21(19)15-16-22-14-6-10-18-8-2-4-12-20(18)22/h1-14H,15-16H2/q+2. The predicted molar refractivity (Wildman–Crippen MR) is 88.3 cm³/mol. The molecular weight excluding hydrogens is 268 g/mol. The van der Waals surface area contributed by atoms with Crippen LogP contribution in [0.4, 0.5) is 0 Å². The van der Waals surface area contributed by atoms with E-state index in [0.717, 1.165) is 13.1 Å². The first kappa shape index (κ1) is 13.0. The van der Waals surface area contributed by atoms with E-state index in [-0.39, 0.29) is 0 Å².